The molecule has 2 heterocycles. The van der Waals surface area contributed by atoms with Gasteiger partial charge in [-0.05, 0) is 18.9 Å². The lowest BCUT2D eigenvalue weighted by Gasteiger charge is -2.38. The Morgan fingerprint density at radius 1 is 1.29 bits per heavy atom. The maximum atomic E-state index is 12.0. The minimum atomic E-state index is -0.431. The number of nitrogens with one attached hydrogen (secondary N) is 1. The van der Waals surface area contributed by atoms with Crippen molar-refractivity contribution in [3.63, 3.8) is 0 Å². The van der Waals surface area contributed by atoms with Crippen molar-refractivity contribution in [2.75, 3.05) is 19.6 Å². The van der Waals surface area contributed by atoms with Gasteiger partial charge < -0.3 is 19.4 Å². The molecule has 1 N–H and O–H groups in total. The molecule has 126 valence electrons. The summed E-state index contributed by atoms with van der Waals surface area (Å²) in [6.45, 7) is 3.32. The molecule has 6 heteroatoms. The lowest BCUT2D eigenvalue weighted by Crippen LogP contribution is -2.59. The largest absolute Gasteiger partial charge is 0.486 e. The van der Waals surface area contributed by atoms with Crippen LogP contribution in [0.4, 0.5) is 4.79 Å². The molecule has 1 aromatic carbocycles. The van der Waals surface area contributed by atoms with E-state index in [1.165, 1.54) is 11.6 Å². The van der Waals surface area contributed by atoms with Crippen molar-refractivity contribution in [3.8, 4) is 5.75 Å². The van der Waals surface area contributed by atoms with Crippen LogP contribution in [0, 0.1) is 6.92 Å². The third-order valence-corrected chi connectivity index (χ3v) is 3.84. The highest BCUT2D eigenvalue weighted by molar-refractivity contribution is 5.75. The number of ether oxygens (including phenoxy) is 1. The first kappa shape index (κ1) is 16.1. The number of likely N-dealkylation sites (tertiary alicyclic amines) is 1. The first-order chi connectivity index (χ1) is 11.6. The SMILES string of the molecule is Cc1cc(OC2CN(C(=O)NCCc3ccccc3)C2)cc(=O)o1. The maximum Gasteiger partial charge on any atom is 0.339 e. The van der Waals surface area contributed by atoms with Crippen LogP contribution in [0.3, 0.4) is 0 Å². The van der Waals surface area contributed by atoms with Crippen LogP contribution in [-0.4, -0.2) is 36.7 Å². The zero-order valence-electron chi connectivity index (χ0n) is 13.5. The van der Waals surface area contributed by atoms with E-state index in [0.29, 0.717) is 31.1 Å². The van der Waals surface area contributed by atoms with Gasteiger partial charge in [-0.1, -0.05) is 30.3 Å². The van der Waals surface area contributed by atoms with Crippen LogP contribution in [0.25, 0.3) is 0 Å². The summed E-state index contributed by atoms with van der Waals surface area (Å²) in [5.41, 5.74) is 0.765. The number of hydrogen-bond acceptors (Lipinski definition) is 4. The Morgan fingerprint density at radius 3 is 2.75 bits per heavy atom. The molecule has 1 fully saturated rings. The van der Waals surface area contributed by atoms with Gasteiger partial charge in [0.25, 0.3) is 0 Å². The molecule has 24 heavy (non-hydrogen) atoms. The predicted octanol–water partition coefficient (Wildman–Crippen LogP) is 1.96. The van der Waals surface area contributed by atoms with E-state index in [1.54, 1.807) is 17.9 Å². The van der Waals surface area contributed by atoms with Gasteiger partial charge in [0, 0.05) is 12.6 Å². The number of carbonyl (C=O) groups is 1. The number of nitrogens with zero attached hydrogens (tertiary/aromatic N) is 1. The maximum absolute atomic E-state index is 12.0. The quantitative estimate of drug-likeness (QED) is 0.911. The van der Waals surface area contributed by atoms with E-state index in [1.807, 2.05) is 30.3 Å². The van der Waals surface area contributed by atoms with Gasteiger partial charge in [-0.25, -0.2) is 9.59 Å². The fourth-order valence-corrected chi connectivity index (χ4v) is 2.58. The Labute approximate surface area is 140 Å². The van der Waals surface area contributed by atoms with Crippen molar-refractivity contribution in [2.24, 2.45) is 0 Å². The summed E-state index contributed by atoms with van der Waals surface area (Å²) in [4.78, 5) is 25.0. The van der Waals surface area contributed by atoms with Crippen LogP contribution in [0.15, 0.2) is 51.7 Å². The van der Waals surface area contributed by atoms with Crippen molar-refractivity contribution in [2.45, 2.75) is 19.4 Å². The molecule has 0 radical (unpaired) electrons. The monoisotopic (exact) mass is 328 g/mol. The highest BCUT2D eigenvalue weighted by atomic mass is 16.5. The molecule has 0 unspecified atom stereocenters. The molecule has 2 amide bonds. The van der Waals surface area contributed by atoms with E-state index in [2.05, 4.69) is 5.32 Å². The number of carbonyl (C=O) groups excluding carboxylic acids is 1. The molecular weight excluding hydrogens is 308 g/mol. The molecule has 0 saturated carbocycles. The van der Waals surface area contributed by atoms with E-state index < -0.39 is 5.63 Å². The highest BCUT2D eigenvalue weighted by Crippen LogP contribution is 2.17. The standard InChI is InChI=1S/C18H20N2O4/c1-13-9-15(10-17(21)23-13)24-16-11-20(12-16)18(22)19-8-7-14-5-3-2-4-6-14/h2-6,9-10,16H,7-8,11-12H2,1H3,(H,19,22). The molecule has 1 aliphatic heterocycles. The van der Waals surface area contributed by atoms with Gasteiger partial charge in [0.05, 0.1) is 19.2 Å². The van der Waals surface area contributed by atoms with Crippen molar-refractivity contribution in [3.05, 3.63) is 64.2 Å². The summed E-state index contributed by atoms with van der Waals surface area (Å²) in [6, 6.07) is 12.9. The molecular formula is C18H20N2O4. The van der Waals surface area contributed by atoms with Gasteiger partial charge in [0.15, 0.2) is 0 Å². The van der Waals surface area contributed by atoms with Crippen LogP contribution in [0.5, 0.6) is 5.75 Å². The van der Waals surface area contributed by atoms with Gasteiger partial charge in [-0.15, -0.1) is 0 Å². The molecule has 6 nitrogen and oxygen atoms in total. The van der Waals surface area contributed by atoms with Crippen molar-refractivity contribution < 1.29 is 13.9 Å². The minimum Gasteiger partial charge on any atom is -0.486 e. The number of urea groups is 1. The molecule has 2 aromatic rings. The average Bonchev–Trinajstić information content (AvgIpc) is 2.50. The normalized spacial score (nSPS) is 14.1. The molecule has 1 saturated heterocycles. The van der Waals surface area contributed by atoms with E-state index in [4.69, 9.17) is 9.15 Å². The first-order valence-corrected chi connectivity index (χ1v) is 7.95. The summed E-state index contributed by atoms with van der Waals surface area (Å²) in [6.07, 6.45) is 0.713. The summed E-state index contributed by atoms with van der Waals surface area (Å²) in [5, 5.41) is 2.90. The summed E-state index contributed by atoms with van der Waals surface area (Å²) in [7, 11) is 0. The number of rotatable bonds is 5. The number of hydrogen-bond donors (Lipinski definition) is 1. The molecule has 3 rings (SSSR count). The molecule has 1 aromatic heterocycles. The zero-order valence-corrected chi connectivity index (χ0v) is 13.5. The molecule has 0 spiro atoms. The van der Waals surface area contributed by atoms with Crippen LogP contribution in [0.1, 0.15) is 11.3 Å². The van der Waals surface area contributed by atoms with Crippen LogP contribution in [-0.2, 0) is 6.42 Å². The Bertz CT molecular complexity index is 751. The second-order valence-electron chi connectivity index (χ2n) is 5.84. The molecule has 0 atom stereocenters. The first-order valence-electron chi connectivity index (χ1n) is 7.95. The Balaban J connectivity index is 1.39. The van der Waals surface area contributed by atoms with Gasteiger partial charge in [-0.3, -0.25) is 0 Å². The predicted molar refractivity (Wildman–Crippen MR) is 89.2 cm³/mol. The third-order valence-electron chi connectivity index (χ3n) is 3.84. The third kappa shape index (κ3) is 4.16. The number of amides is 2. The van der Waals surface area contributed by atoms with Gasteiger partial charge in [0.2, 0.25) is 0 Å². The number of benzene rings is 1. The topological polar surface area (TPSA) is 71.8 Å². The summed E-state index contributed by atoms with van der Waals surface area (Å²) in [5.74, 6) is 0.991. The zero-order chi connectivity index (χ0) is 16.9. The van der Waals surface area contributed by atoms with E-state index in [9.17, 15) is 9.59 Å². The van der Waals surface area contributed by atoms with E-state index in [0.717, 1.165) is 6.42 Å². The summed E-state index contributed by atoms with van der Waals surface area (Å²) >= 11 is 0. The Hall–Kier alpha value is -2.76. The van der Waals surface area contributed by atoms with Crippen LogP contribution < -0.4 is 15.7 Å². The van der Waals surface area contributed by atoms with Gasteiger partial charge in [0.1, 0.15) is 17.6 Å². The summed E-state index contributed by atoms with van der Waals surface area (Å²) < 4.78 is 10.6. The fourth-order valence-electron chi connectivity index (χ4n) is 2.58. The van der Waals surface area contributed by atoms with Gasteiger partial charge in [-0.2, -0.15) is 0 Å². The van der Waals surface area contributed by atoms with Crippen molar-refractivity contribution in [1.29, 1.82) is 0 Å². The van der Waals surface area contributed by atoms with E-state index >= 15 is 0 Å². The molecule has 0 aliphatic carbocycles. The fraction of sp³-hybridized carbons (Fsp3) is 0.333. The van der Waals surface area contributed by atoms with Crippen LogP contribution >= 0.6 is 0 Å². The Morgan fingerprint density at radius 2 is 2.04 bits per heavy atom. The molecule has 0 bridgehead atoms. The van der Waals surface area contributed by atoms with E-state index in [-0.39, 0.29) is 12.1 Å². The minimum absolute atomic E-state index is 0.0884. The lowest BCUT2D eigenvalue weighted by molar-refractivity contribution is 0.0440. The van der Waals surface area contributed by atoms with Gasteiger partial charge >= 0.3 is 11.7 Å². The van der Waals surface area contributed by atoms with Crippen LogP contribution in [0.2, 0.25) is 0 Å². The second kappa shape index (κ2) is 7.21. The Kier molecular flexibility index (Phi) is 4.84. The van der Waals surface area contributed by atoms with Crippen molar-refractivity contribution >= 4 is 6.03 Å². The highest BCUT2D eigenvalue weighted by Gasteiger charge is 2.32. The lowest BCUT2D eigenvalue weighted by atomic mass is 10.1. The second-order valence-corrected chi connectivity index (χ2v) is 5.84. The molecule has 1 aliphatic rings. The van der Waals surface area contributed by atoms with Crippen molar-refractivity contribution in [1.82, 2.24) is 10.2 Å². The average molecular weight is 328 g/mol. The number of aryl methyl sites for hydroxylation is 1. The smallest absolute Gasteiger partial charge is 0.339 e.